The predicted molar refractivity (Wildman–Crippen MR) is 94.1 cm³/mol. The van der Waals surface area contributed by atoms with Crippen molar-refractivity contribution in [2.45, 2.75) is 18.9 Å². The number of methoxy groups -OCH3 is 2. The molecule has 2 heterocycles. The highest BCUT2D eigenvalue weighted by molar-refractivity contribution is 5.97. The average molecular weight is 342 g/mol. The van der Waals surface area contributed by atoms with Gasteiger partial charge in [-0.15, -0.1) is 0 Å². The van der Waals surface area contributed by atoms with E-state index in [0.29, 0.717) is 36.2 Å². The van der Waals surface area contributed by atoms with Gasteiger partial charge in [-0.05, 0) is 31.0 Å². The molecule has 0 saturated carbocycles. The summed E-state index contributed by atoms with van der Waals surface area (Å²) in [6.07, 6.45) is 4.96. The van der Waals surface area contributed by atoms with Gasteiger partial charge < -0.3 is 19.7 Å². The van der Waals surface area contributed by atoms with E-state index >= 15 is 0 Å². The molecule has 1 aromatic carbocycles. The summed E-state index contributed by atoms with van der Waals surface area (Å²) in [7, 11) is 3.11. The molecule has 0 bridgehead atoms. The number of ether oxygens (including phenoxy) is 2. The number of benzene rings is 1. The van der Waals surface area contributed by atoms with Gasteiger partial charge in [-0.3, -0.25) is 4.79 Å². The third-order valence-corrected chi connectivity index (χ3v) is 4.35. The smallest absolute Gasteiger partial charge is 0.257 e. The van der Waals surface area contributed by atoms with Crippen LogP contribution in [-0.2, 0) is 0 Å². The van der Waals surface area contributed by atoms with Crippen LogP contribution in [0.15, 0.2) is 36.8 Å². The van der Waals surface area contributed by atoms with E-state index in [4.69, 9.17) is 9.47 Å². The molecule has 7 nitrogen and oxygen atoms in total. The van der Waals surface area contributed by atoms with Gasteiger partial charge in [0.15, 0.2) is 11.5 Å². The van der Waals surface area contributed by atoms with E-state index in [2.05, 4.69) is 15.3 Å². The minimum Gasteiger partial charge on any atom is -0.493 e. The number of rotatable bonds is 5. The van der Waals surface area contributed by atoms with Crippen LogP contribution in [0.2, 0.25) is 0 Å². The minimum absolute atomic E-state index is 0.0313. The highest BCUT2D eigenvalue weighted by atomic mass is 16.5. The molecular formula is C18H22N4O3. The molecule has 3 rings (SSSR count). The predicted octanol–water partition coefficient (Wildman–Crippen LogP) is 2.21. The van der Waals surface area contributed by atoms with Crippen LogP contribution in [0.3, 0.4) is 0 Å². The van der Waals surface area contributed by atoms with E-state index in [0.717, 1.165) is 18.7 Å². The first-order valence-electron chi connectivity index (χ1n) is 8.25. The molecule has 0 atom stereocenters. The molecule has 1 aromatic heterocycles. The SMILES string of the molecule is COc1cccc(C(=O)N2CCC(Nc3ccncn3)CC2)c1OC. The molecule has 0 aliphatic carbocycles. The second-order valence-electron chi connectivity index (χ2n) is 5.85. The van der Waals surface area contributed by atoms with Crippen LogP contribution in [0, 0.1) is 0 Å². The lowest BCUT2D eigenvalue weighted by atomic mass is 10.0. The molecule has 0 spiro atoms. The van der Waals surface area contributed by atoms with Gasteiger partial charge in [0.05, 0.1) is 19.8 Å². The molecule has 132 valence electrons. The summed E-state index contributed by atoms with van der Waals surface area (Å²) in [5.74, 6) is 1.83. The maximum absolute atomic E-state index is 12.9. The molecule has 1 amide bonds. The lowest BCUT2D eigenvalue weighted by molar-refractivity contribution is 0.0714. The molecule has 25 heavy (non-hydrogen) atoms. The van der Waals surface area contributed by atoms with E-state index in [1.807, 2.05) is 11.0 Å². The monoisotopic (exact) mass is 342 g/mol. The van der Waals surface area contributed by atoms with E-state index in [9.17, 15) is 4.79 Å². The van der Waals surface area contributed by atoms with Gasteiger partial charge in [0, 0.05) is 25.3 Å². The van der Waals surface area contributed by atoms with Crippen LogP contribution in [0.5, 0.6) is 11.5 Å². The first-order valence-corrected chi connectivity index (χ1v) is 8.25. The zero-order valence-corrected chi connectivity index (χ0v) is 14.4. The van der Waals surface area contributed by atoms with Crippen molar-refractivity contribution in [2.24, 2.45) is 0 Å². The Labute approximate surface area is 147 Å². The maximum atomic E-state index is 12.9. The number of carbonyl (C=O) groups is 1. The van der Waals surface area contributed by atoms with Crippen molar-refractivity contribution in [1.29, 1.82) is 0 Å². The highest BCUT2D eigenvalue weighted by Crippen LogP contribution is 2.32. The lowest BCUT2D eigenvalue weighted by Gasteiger charge is -2.33. The third-order valence-electron chi connectivity index (χ3n) is 4.35. The first-order chi connectivity index (χ1) is 12.2. The molecule has 0 unspecified atom stereocenters. The number of likely N-dealkylation sites (tertiary alicyclic amines) is 1. The number of hydrogen-bond donors (Lipinski definition) is 1. The number of anilines is 1. The van der Waals surface area contributed by atoms with Gasteiger partial charge in [0.2, 0.25) is 0 Å². The van der Waals surface area contributed by atoms with E-state index < -0.39 is 0 Å². The van der Waals surface area contributed by atoms with Crippen molar-refractivity contribution in [2.75, 3.05) is 32.6 Å². The average Bonchev–Trinajstić information content (AvgIpc) is 2.68. The molecule has 1 aliphatic heterocycles. The number of aromatic nitrogens is 2. The molecule has 1 saturated heterocycles. The molecule has 2 aromatic rings. The topological polar surface area (TPSA) is 76.6 Å². The van der Waals surface area contributed by atoms with Crippen LogP contribution in [0.4, 0.5) is 5.82 Å². The Morgan fingerprint density at radius 1 is 1.20 bits per heavy atom. The van der Waals surface area contributed by atoms with E-state index in [1.54, 1.807) is 38.6 Å². The number of carbonyl (C=O) groups excluding carboxylic acids is 1. The van der Waals surface area contributed by atoms with Crippen LogP contribution in [0.1, 0.15) is 23.2 Å². The number of nitrogens with zero attached hydrogens (tertiary/aromatic N) is 3. The summed E-state index contributed by atoms with van der Waals surface area (Å²) in [6, 6.07) is 7.50. The summed E-state index contributed by atoms with van der Waals surface area (Å²) < 4.78 is 10.7. The minimum atomic E-state index is -0.0313. The molecule has 0 radical (unpaired) electrons. The number of piperidine rings is 1. The van der Waals surface area contributed by atoms with E-state index in [-0.39, 0.29) is 5.91 Å². The summed E-state index contributed by atoms with van der Waals surface area (Å²) in [5.41, 5.74) is 0.532. The molecule has 1 fully saturated rings. The second kappa shape index (κ2) is 7.83. The van der Waals surface area contributed by atoms with Crippen molar-refractivity contribution in [3.05, 3.63) is 42.4 Å². The summed E-state index contributed by atoms with van der Waals surface area (Å²) >= 11 is 0. The Morgan fingerprint density at radius 3 is 2.64 bits per heavy atom. The van der Waals surface area contributed by atoms with Gasteiger partial charge in [0.25, 0.3) is 5.91 Å². The summed E-state index contributed by atoms with van der Waals surface area (Å²) in [6.45, 7) is 1.36. The number of nitrogens with one attached hydrogen (secondary N) is 1. The first kappa shape index (κ1) is 17.0. The van der Waals surface area contributed by atoms with Crippen molar-refractivity contribution in [3.8, 4) is 11.5 Å². The number of amides is 1. The van der Waals surface area contributed by atoms with Crippen molar-refractivity contribution < 1.29 is 14.3 Å². The molecule has 1 aliphatic rings. The van der Waals surface area contributed by atoms with E-state index in [1.165, 1.54) is 6.33 Å². The van der Waals surface area contributed by atoms with Crippen molar-refractivity contribution in [1.82, 2.24) is 14.9 Å². The van der Waals surface area contributed by atoms with Crippen molar-refractivity contribution >= 4 is 11.7 Å². The Kier molecular flexibility index (Phi) is 5.33. The van der Waals surface area contributed by atoms with Gasteiger partial charge >= 0.3 is 0 Å². The molecular weight excluding hydrogens is 320 g/mol. The fraction of sp³-hybridized carbons (Fsp3) is 0.389. The zero-order valence-electron chi connectivity index (χ0n) is 14.4. The van der Waals surface area contributed by atoms with Crippen LogP contribution in [0.25, 0.3) is 0 Å². The fourth-order valence-corrected chi connectivity index (χ4v) is 3.04. The fourth-order valence-electron chi connectivity index (χ4n) is 3.04. The maximum Gasteiger partial charge on any atom is 0.257 e. The van der Waals surface area contributed by atoms with Gasteiger partial charge in [-0.2, -0.15) is 0 Å². The van der Waals surface area contributed by atoms with Crippen LogP contribution >= 0.6 is 0 Å². The third kappa shape index (κ3) is 3.81. The number of para-hydroxylation sites is 1. The lowest BCUT2D eigenvalue weighted by Crippen LogP contribution is -2.42. The Hall–Kier alpha value is -2.83. The summed E-state index contributed by atoms with van der Waals surface area (Å²) in [5, 5.41) is 3.39. The Morgan fingerprint density at radius 2 is 2.00 bits per heavy atom. The van der Waals surface area contributed by atoms with Gasteiger partial charge in [-0.1, -0.05) is 6.07 Å². The Balaban J connectivity index is 1.64. The normalized spacial score (nSPS) is 14.9. The second-order valence-corrected chi connectivity index (χ2v) is 5.85. The highest BCUT2D eigenvalue weighted by Gasteiger charge is 2.26. The quantitative estimate of drug-likeness (QED) is 0.898. The van der Waals surface area contributed by atoms with Crippen molar-refractivity contribution in [3.63, 3.8) is 0 Å². The van der Waals surface area contributed by atoms with Crippen LogP contribution < -0.4 is 14.8 Å². The van der Waals surface area contributed by atoms with Gasteiger partial charge in [-0.25, -0.2) is 9.97 Å². The van der Waals surface area contributed by atoms with Gasteiger partial charge in [0.1, 0.15) is 12.1 Å². The zero-order chi connectivity index (χ0) is 17.6. The number of hydrogen-bond acceptors (Lipinski definition) is 6. The summed E-state index contributed by atoms with van der Waals surface area (Å²) in [4.78, 5) is 22.8. The molecule has 1 N–H and O–H groups in total. The standard InChI is InChI=1S/C18H22N4O3/c1-24-15-5-3-4-14(17(15)25-2)18(23)22-10-7-13(8-11-22)21-16-6-9-19-12-20-16/h3-6,9,12-13H,7-8,10-11H2,1-2H3,(H,19,20,21). The largest absolute Gasteiger partial charge is 0.493 e. The van der Waals surface area contributed by atoms with Crippen LogP contribution in [-0.4, -0.2) is 54.1 Å². The Bertz CT molecular complexity index is 716. The molecule has 7 heteroatoms.